The third kappa shape index (κ3) is 5.52. The number of rotatable bonds is 9. The predicted molar refractivity (Wildman–Crippen MR) is 154 cm³/mol. The maximum Gasteiger partial charge on any atom is 0.133 e. The summed E-state index contributed by atoms with van der Waals surface area (Å²) in [6, 6.07) is 13.4. The fourth-order valence-corrected chi connectivity index (χ4v) is 5.17. The van der Waals surface area contributed by atoms with E-state index in [-0.39, 0.29) is 5.82 Å². The van der Waals surface area contributed by atoms with Gasteiger partial charge in [0.2, 0.25) is 0 Å². The number of aromatic nitrogens is 1. The third-order valence-corrected chi connectivity index (χ3v) is 7.60. The van der Waals surface area contributed by atoms with Crippen molar-refractivity contribution < 1.29 is 4.39 Å². The minimum absolute atomic E-state index is 0.323. The summed E-state index contributed by atoms with van der Waals surface area (Å²) in [4.78, 5) is 9.55. The highest BCUT2D eigenvalue weighted by molar-refractivity contribution is 6.35. The molecule has 1 N–H and O–H groups in total. The lowest BCUT2D eigenvalue weighted by molar-refractivity contribution is 0.209. The van der Waals surface area contributed by atoms with Crippen molar-refractivity contribution in [3.8, 4) is 11.3 Å². The molecule has 37 heavy (non-hydrogen) atoms. The Kier molecular flexibility index (Phi) is 7.25. The van der Waals surface area contributed by atoms with Crippen LogP contribution in [-0.2, 0) is 0 Å². The molecule has 1 saturated carbocycles. The summed E-state index contributed by atoms with van der Waals surface area (Å²) in [5.41, 5.74) is 6.39. The average Bonchev–Trinajstić information content (AvgIpc) is 3.72. The van der Waals surface area contributed by atoms with Crippen LogP contribution < -0.4 is 5.32 Å². The van der Waals surface area contributed by atoms with Crippen LogP contribution in [0, 0.1) is 5.82 Å². The third-order valence-electron chi connectivity index (χ3n) is 7.29. The Morgan fingerprint density at radius 2 is 1.76 bits per heavy atom. The van der Waals surface area contributed by atoms with E-state index in [0.717, 1.165) is 74.0 Å². The molecule has 0 unspecified atom stereocenters. The molecule has 2 aromatic carbocycles. The molecule has 1 aromatic heterocycles. The van der Waals surface area contributed by atoms with E-state index < -0.39 is 0 Å². The molecule has 0 amide bonds. The highest BCUT2D eigenvalue weighted by atomic mass is 35.5. The topological polar surface area (TPSA) is 31.4 Å². The molecule has 6 heteroatoms. The minimum Gasteiger partial charge on any atom is -0.382 e. The Morgan fingerprint density at radius 1 is 1.03 bits per heavy atom. The van der Waals surface area contributed by atoms with Gasteiger partial charge >= 0.3 is 0 Å². The lowest BCUT2D eigenvalue weighted by atomic mass is 10.0. The second kappa shape index (κ2) is 10.6. The zero-order valence-corrected chi connectivity index (χ0v) is 22.3. The van der Waals surface area contributed by atoms with Gasteiger partial charge in [-0.05, 0) is 49.1 Å². The quantitative estimate of drug-likeness (QED) is 0.323. The van der Waals surface area contributed by atoms with Crippen LogP contribution in [0.15, 0.2) is 67.9 Å². The minimum atomic E-state index is -0.323. The summed E-state index contributed by atoms with van der Waals surface area (Å²) >= 11 is 6.65. The Hall–Kier alpha value is -3.31. The molecule has 0 spiro atoms. The highest BCUT2D eigenvalue weighted by Gasteiger charge is 2.23. The zero-order valence-electron chi connectivity index (χ0n) is 21.5. The summed E-state index contributed by atoms with van der Waals surface area (Å²) < 4.78 is 15.0. The van der Waals surface area contributed by atoms with Gasteiger partial charge < -0.3 is 15.1 Å². The van der Waals surface area contributed by atoms with Gasteiger partial charge in [0, 0.05) is 65.8 Å². The van der Waals surface area contributed by atoms with Gasteiger partial charge in [0.25, 0.3) is 0 Å². The number of benzene rings is 2. The van der Waals surface area contributed by atoms with E-state index in [1.807, 2.05) is 24.3 Å². The molecule has 0 atom stereocenters. The summed E-state index contributed by atoms with van der Waals surface area (Å²) in [7, 11) is 0. The van der Waals surface area contributed by atoms with E-state index >= 15 is 0 Å². The van der Waals surface area contributed by atoms with Crippen LogP contribution in [0.3, 0.4) is 0 Å². The Bertz CT molecular complexity index is 1370. The van der Waals surface area contributed by atoms with Gasteiger partial charge in [-0.3, -0.25) is 0 Å². The van der Waals surface area contributed by atoms with Crippen LogP contribution in [0.2, 0.25) is 5.02 Å². The fourth-order valence-electron chi connectivity index (χ4n) is 4.91. The van der Waals surface area contributed by atoms with E-state index in [1.165, 1.54) is 11.8 Å². The van der Waals surface area contributed by atoms with Crippen molar-refractivity contribution in [2.75, 3.05) is 26.2 Å². The zero-order chi connectivity index (χ0) is 26.1. The van der Waals surface area contributed by atoms with Crippen molar-refractivity contribution in [3.05, 3.63) is 89.9 Å². The van der Waals surface area contributed by atoms with Gasteiger partial charge in [-0.2, -0.15) is 0 Å². The fraction of sp³-hybridized carbons (Fsp3) is 0.323. The molecule has 2 fully saturated rings. The summed E-state index contributed by atoms with van der Waals surface area (Å²) in [5, 5.41) is 4.72. The van der Waals surface area contributed by atoms with Crippen molar-refractivity contribution in [1.82, 2.24) is 20.1 Å². The number of halogens is 2. The van der Waals surface area contributed by atoms with Crippen molar-refractivity contribution in [2.45, 2.75) is 38.6 Å². The lowest BCUT2D eigenvalue weighted by Gasteiger charge is -2.39. The first-order valence-electron chi connectivity index (χ1n) is 13.1. The smallest absolute Gasteiger partial charge is 0.133 e. The average molecular weight is 517 g/mol. The van der Waals surface area contributed by atoms with Crippen LogP contribution in [0.25, 0.3) is 33.6 Å². The van der Waals surface area contributed by atoms with Crippen LogP contribution >= 0.6 is 11.6 Å². The van der Waals surface area contributed by atoms with Crippen molar-refractivity contribution >= 4 is 33.9 Å². The number of hydrogen-bond donors (Lipinski definition) is 1. The van der Waals surface area contributed by atoms with Gasteiger partial charge in [0.1, 0.15) is 5.82 Å². The molecule has 1 aliphatic carbocycles. The van der Waals surface area contributed by atoms with Gasteiger partial charge in [-0.15, -0.1) is 0 Å². The number of piperazine rings is 1. The predicted octanol–water partition coefficient (Wildman–Crippen LogP) is 7.32. The van der Waals surface area contributed by atoms with Crippen LogP contribution in [0.4, 0.5) is 4.39 Å². The molecule has 5 rings (SSSR count). The van der Waals surface area contributed by atoms with Crippen LogP contribution in [-0.4, -0.2) is 47.0 Å². The van der Waals surface area contributed by atoms with Gasteiger partial charge in [0.15, 0.2) is 0 Å². The number of pyridine rings is 1. The molecule has 1 saturated heterocycles. The van der Waals surface area contributed by atoms with E-state index in [9.17, 15) is 4.39 Å². The Labute approximate surface area is 224 Å². The second-order valence-electron chi connectivity index (χ2n) is 10.1. The van der Waals surface area contributed by atoms with E-state index in [2.05, 4.69) is 41.8 Å². The first kappa shape index (κ1) is 25.3. The number of nitrogens with one attached hydrogen (secondary N) is 1. The van der Waals surface area contributed by atoms with Crippen molar-refractivity contribution in [3.63, 3.8) is 0 Å². The Balaban J connectivity index is 1.36. The van der Waals surface area contributed by atoms with Crippen molar-refractivity contribution in [2.24, 2.45) is 0 Å². The van der Waals surface area contributed by atoms with E-state index in [1.54, 1.807) is 12.1 Å². The summed E-state index contributed by atoms with van der Waals surface area (Å²) in [6.07, 6.45) is 4.37. The molecule has 192 valence electrons. The molecular weight excluding hydrogens is 483 g/mol. The standard InChI is InChI=1S/C31H34ClFN4/c1-5-6-20(2)36-13-15-37(16-14-36)22(4)23-7-12-27-28(32)19-30(35-31(27)18-23)24-8-11-26(29(33)17-24)21(3)34-25-9-10-25/h7-8,11-12,17-19,25,34H,2-6,9-10,13-16H2,1H3. The molecular formula is C31H34ClFN4. The Morgan fingerprint density at radius 3 is 2.43 bits per heavy atom. The molecule has 0 bridgehead atoms. The number of nitrogens with zero attached hydrogens (tertiary/aromatic N) is 3. The normalized spacial score (nSPS) is 15.6. The number of allylic oxidation sites excluding steroid dienone is 1. The molecule has 1 aliphatic heterocycles. The number of hydrogen-bond acceptors (Lipinski definition) is 4. The molecule has 3 aromatic rings. The van der Waals surface area contributed by atoms with Crippen molar-refractivity contribution in [1.29, 1.82) is 0 Å². The van der Waals surface area contributed by atoms with E-state index in [0.29, 0.717) is 33.6 Å². The molecule has 2 heterocycles. The second-order valence-corrected chi connectivity index (χ2v) is 10.5. The monoisotopic (exact) mass is 516 g/mol. The summed E-state index contributed by atoms with van der Waals surface area (Å²) in [6.45, 7) is 18.5. The van der Waals surface area contributed by atoms with Gasteiger partial charge in [0.05, 0.1) is 16.2 Å². The SMILES string of the molecule is C=C(NC1CC1)c1ccc(-c2cc(Cl)c3ccc(C(=C)N4CCN(C(=C)CCC)CC4)cc3n2)cc1F. The lowest BCUT2D eigenvalue weighted by Crippen LogP contribution is -2.44. The maximum absolute atomic E-state index is 15.0. The van der Waals surface area contributed by atoms with E-state index in [4.69, 9.17) is 16.6 Å². The molecule has 4 nitrogen and oxygen atoms in total. The van der Waals surface area contributed by atoms with Crippen LogP contribution in [0.1, 0.15) is 43.7 Å². The number of fused-ring (bicyclic) bond motifs is 1. The molecule has 0 radical (unpaired) electrons. The van der Waals surface area contributed by atoms with Crippen LogP contribution in [0.5, 0.6) is 0 Å². The largest absolute Gasteiger partial charge is 0.382 e. The first-order chi connectivity index (χ1) is 17.8. The van der Waals surface area contributed by atoms with Gasteiger partial charge in [-0.1, -0.05) is 62.9 Å². The highest BCUT2D eigenvalue weighted by Crippen LogP contribution is 2.32. The molecule has 2 aliphatic rings. The maximum atomic E-state index is 15.0. The first-order valence-corrected chi connectivity index (χ1v) is 13.4. The summed E-state index contributed by atoms with van der Waals surface area (Å²) in [5.74, 6) is -0.323. The van der Waals surface area contributed by atoms with Gasteiger partial charge in [-0.25, -0.2) is 9.37 Å².